The zero-order valence-electron chi connectivity index (χ0n) is 27.3. The summed E-state index contributed by atoms with van der Waals surface area (Å²) in [6.45, 7) is 6.99. The summed E-state index contributed by atoms with van der Waals surface area (Å²) in [7, 11) is 1.14. The normalized spacial score (nSPS) is 13.3. The van der Waals surface area contributed by atoms with Crippen LogP contribution in [0.3, 0.4) is 0 Å². The number of piperidine rings is 1. The number of methoxy groups -OCH3 is 2. The molecule has 1 saturated heterocycles. The minimum Gasteiger partial charge on any atom is -0.497 e. The molecule has 0 bridgehead atoms. The number of nitrogens with one attached hydrogen (secondary N) is 3. The summed E-state index contributed by atoms with van der Waals surface area (Å²) in [6.07, 6.45) is 5.04. The lowest BCUT2D eigenvalue weighted by atomic mass is 9.91. The number of hydrogen-bond donors (Lipinski definition) is 4. The maximum absolute atomic E-state index is 13.0. The molecular weight excluding hydrogens is 602 g/mol. The number of rotatable bonds is 13. The van der Waals surface area contributed by atoms with Crippen LogP contribution in [-0.2, 0) is 14.8 Å². The van der Waals surface area contributed by atoms with Crippen molar-refractivity contribution in [2.24, 2.45) is 11.7 Å². The average Bonchev–Trinajstić information content (AvgIpc) is 3.07. The smallest absolute Gasteiger partial charge is 0.241 e. The number of nitrogens with two attached hydrogens (primary N) is 1. The molecule has 0 aliphatic carbocycles. The van der Waals surface area contributed by atoms with E-state index in [9.17, 15) is 13.2 Å². The molecule has 1 heterocycles. The number of carbonyl (C=O) groups is 1. The summed E-state index contributed by atoms with van der Waals surface area (Å²) in [5.74, 6) is 1.73. The number of carbonyl (C=O) groups excluding carboxylic acids is 1. The Labute approximate surface area is 273 Å². The van der Waals surface area contributed by atoms with E-state index in [0.29, 0.717) is 36.1 Å². The van der Waals surface area contributed by atoms with Gasteiger partial charge in [-0.05, 0) is 80.8 Å². The second kappa shape index (κ2) is 17.4. The monoisotopic (exact) mass is 649 g/mol. The molecule has 0 spiro atoms. The number of amides is 1. The van der Waals surface area contributed by atoms with Crippen LogP contribution in [0.1, 0.15) is 43.2 Å². The third-order valence-electron chi connectivity index (χ3n) is 8.02. The van der Waals surface area contributed by atoms with Gasteiger partial charge in [-0.15, -0.1) is 0 Å². The van der Waals surface area contributed by atoms with Gasteiger partial charge in [0.05, 0.1) is 25.7 Å². The van der Waals surface area contributed by atoms with Gasteiger partial charge in [0.25, 0.3) is 0 Å². The van der Waals surface area contributed by atoms with Crippen molar-refractivity contribution in [2.75, 3.05) is 40.9 Å². The second-order valence-corrected chi connectivity index (χ2v) is 13.0. The molecule has 10 nitrogen and oxygen atoms in total. The highest BCUT2D eigenvalue weighted by molar-refractivity contribution is 7.89. The Balaban J connectivity index is 0.000000489. The van der Waals surface area contributed by atoms with Gasteiger partial charge < -0.3 is 25.4 Å². The molecule has 1 amide bonds. The molecule has 11 heteroatoms. The molecule has 0 unspecified atom stereocenters. The zero-order valence-corrected chi connectivity index (χ0v) is 28.1. The topological polar surface area (TPSA) is 147 Å². The van der Waals surface area contributed by atoms with Crippen molar-refractivity contribution in [2.45, 2.75) is 43.9 Å². The molecule has 0 atom stereocenters. The summed E-state index contributed by atoms with van der Waals surface area (Å²) in [6, 6.07) is 19.5. The van der Waals surface area contributed by atoms with Gasteiger partial charge in [-0.25, -0.2) is 13.1 Å². The summed E-state index contributed by atoms with van der Waals surface area (Å²) in [5, 5.41) is 10.2. The minimum absolute atomic E-state index is 0.0903. The van der Waals surface area contributed by atoms with Crippen molar-refractivity contribution in [1.29, 1.82) is 5.41 Å². The van der Waals surface area contributed by atoms with Gasteiger partial charge in [0.1, 0.15) is 17.3 Å². The van der Waals surface area contributed by atoms with Gasteiger partial charge in [0.2, 0.25) is 15.9 Å². The Morgan fingerprint density at radius 1 is 1.04 bits per heavy atom. The third kappa shape index (κ3) is 10.6. The number of nitrogens with zero attached hydrogens (tertiary/aromatic N) is 1. The lowest BCUT2D eigenvalue weighted by molar-refractivity contribution is -0.131. The minimum atomic E-state index is -3.87. The van der Waals surface area contributed by atoms with Crippen LogP contribution in [0.2, 0.25) is 0 Å². The van der Waals surface area contributed by atoms with Crippen LogP contribution in [0.4, 0.5) is 0 Å². The third-order valence-corrected chi connectivity index (χ3v) is 9.42. The van der Waals surface area contributed by atoms with Crippen LogP contribution in [-0.4, -0.2) is 66.0 Å². The molecule has 5 N–H and O–H groups in total. The highest BCUT2D eigenvalue weighted by Gasteiger charge is 2.24. The molecular formula is C35H47N5O5S. The Bertz CT molecular complexity index is 1600. The van der Waals surface area contributed by atoms with E-state index in [4.69, 9.17) is 20.6 Å². The highest BCUT2D eigenvalue weighted by atomic mass is 32.2. The Kier molecular flexibility index (Phi) is 13.6. The van der Waals surface area contributed by atoms with Gasteiger partial charge in [0.15, 0.2) is 0 Å². The largest absolute Gasteiger partial charge is 0.497 e. The summed E-state index contributed by atoms with van der Waals surface area (Å²) < 4.78 is 39.1. The molecule has 0 saturated carbocycles. The fraction of sp³-hybridized carbons (Fsp3) is 0.371. The number of aryl methyl sites for hydroxylation is 1. The number of hydrogen-bond acceptors (Lipinski definition) is 7. The van der Waals surface area contributed by atoms with E-state index in [1.54, 1.807) is 43.4 Å². The maximum atomic E-state index is 13.0. The Morgan fingerprint density at radius 3 is 2.37 bits per heavy atom. The van der Waals surface area contributed by atoms with E-state index in [1.807, 2.05) is 50.4 Å². The molecule has 3 aromatic rings. The summed E-state index contributed by atoms with van der Waals surface area (Å²) in [5.41, 5.74) is 9.66. The molecule has 46 heavy (non-hydrogen) atoms. The summed E-state index contributed by atoms with van der Waals surface area (Å²) >= 11 is 0. The first-order valence-corrected chi connectivity index (χ1v) is 16.8. The first-order chi connectivity index (χ1) is 22.0. The van der Waals surface area contributed by atoms with Gasteiger partial charge in [0, 0.05) is 43.0 Å². The molecule has 1 aliphatic rings. The zero-order chi connectivity index (χ0) is 33.7. The van der Waals surface area contributed by atoms with Crippen molar-refractivity contribution < 1.29 is 22.7 Å². The van der Waals surface area contributed by atoms with Crippen LogP contribution < -0.4 is 25.2 Å². The van der Waals surface area contributed by atoms with Gasteiger partial charge in [-0.3, -0.25) is 10.2 Å². The maximum Gasteiger partial charge on any atom is 0.241 e. The molecule has 248 valence electrons. The highest BCUT2D eigenvalue weighted by Crippen LogP contribution is 2.34. The average molecular weight is 650 g/mol. The number of amidine groups is 1. The van der Waals surface area contributed by atoms with Crippen molar-refractivity contribution >= 4 is 21.8 Å². The van der Waals surface area contributed by atoms with Crippen LogP contribution >= 0.6 is 0 Å². The van der Waals surface area contributed by atoms with E-state index >= 15 is 0 Å². The quantitative estimate of drug-likeness (QED) is 0.149. The van der Waals surface area contributed by atoms with Crippen LogP contribution in [0, 0.1) is 18.3 Å². The number of ether oxygens (including phenoxy) is 2. The first-order valence-electron chi connectivity index (χ1n) is 15.3. The Morgan fingerprint density at radius 2 is 1.76 bits per heavy atom. The Hall–Kier alpha value is -4.35. The van der Waals surface area contributed by atoms with E-state index in [0.717, 1.165) is 54.5 Å². The predicted octanol–water partition coefficient (Wildman–Crippen LogP) is 5.07. The molecule has 4 rings (SSSR count). The fourth-order valence-electron chi connectivity index (χ4n) is 5.23. The number of sulfonamides is 1. The number of allylic oxidation sites excluding steroid dienone is 1. The molecule has 0 radical (unpaired) electrons. The first kappa shape index (κ1) is 36.1. The van der Waals surface area contributed by atoms with Gasteiger partial charge in [-0.1, -0.05) is 42.5 Å². The van der Waals surface area contributed by atoms with E-state index in [-0.39, 0.29) is 23.2 Å². The SMILES string of the molecule is C=C(CCCC1CCN(C(=O)CNS(=O)(=O)c2cccc(-c3ccc(OC)cc3OC)c2)CC1)NC.Cc1cccc(C(=N)N)c1. The van der Waals surface area contributed by atoms with E-state index in [1.165, 1.54) is 6.07 Å². The lowest BCUT2D eigenvalue weighted by Crippen LogP contribution is -2.44. The van der Waals surface area contributed by atoms with Gasteiger partial charge >= 0.3 is 0 Å². The van der Waals surface area contributed by atoms with Crippen LogP contribution in [0.25, 0.3) is 11.1 Å². The van der Waals surface area contributed by atoms with E-state index < -0.39 is 10.0 Å². The molecule has 3 aromatic carbocycles. The number of benzene rings is 3. The van der Waals surface area contributed by atoms with Crippen LogP contribution in [0.5, 0.6) is 11.5 Å². The van der Waals surface area contributed by atoms with Crippen molar-refractivity contribution in [3.05, 3.63) is 90.1 Å². The van der Waals surface area contributed by atoms with E-state index in [2.05, 4.69) is 16.6 Å². The number of nitrogen functional groups attached to an aromatic ring is 1. The predicted molar refractivity (Wildman–Crippen MR) is 184 cm³/mol. The van der Waals surface area contributed by atoms with Crippen molar-refractivity contribution in [1.82, 2.24) is 14.9 Å². The fourth-order valence-corrected chi connectivity index (χ4v) is 6.25. The summed E-state index contributed by atoms with van der Waals surface area (Å²) in [4.78, 5) is 14.6. The standard InChI is InChI=1S/C27H37N3O5S.C8H10N2/c1-20(28-2)7-5-8-21-13-15-30(16-14-21)27(31)19-29-36(32,33)24-10-6-9-22(17-24)25-12-11-23(34-3)18-26(25)35-4;1-6-3-2-4-7(5-6)8(9)10/h6,9-12,17-18,21,28-29H,1,5,7-8,13-16,19H2,2-4H3;2-5H,1H3,(H3,9,10). The lowest BCUT2D eigenvalue weighted by Gasteiger charge is -2.32. The van der Waals surface area contributed by atoms with Crippen LogP contribution in [0.15, 0.2) is 83.9 Å². The molecule has 0 aromatic heterocycles. The second-order valence-electron chi connectivity index (χ2n) is 11.3. The molecule has 1 aliphatic heterocycles. The molecule has 1 fully saturated rings. The van der Waals surface area contributed by atoms with Crippen molar-refractivity contribution in [3.63, 3.8) is 0 Å². The van der Waals surface area contributed by atoms with Gasteiger partial charge in [-0.2, -0.15) is 0 Å². The van der Waals surface area contributed by atoms with Crippen molar-refractivity contribution in [3.8, 4) is 22.6 Å². The number of likely N-dealkylation sites (tertiary alicyclic amines) is 1.